The summed E-state index contributed by atoms with van der Waals surface area (Å²) < 4.78 is 5.66. The van der Waals surface area contributed by atoms with Gasteiger partial charge in [-0.3, -0.25) is 9.59 Å². The highest BCUT2D eigenvalue weighted by molar-refractivity contribution is 6.30. The molecule has 0 aliphatic carbocycles. The number of carbonyl (C=O) groups is 2. The summed E-state index contributed by atoms with van der Waals surface area (Å²) in [5.41, 5.74) is 2.05. The van der Waals surface area contributed by atoms with Crippen LogP contribution in [-0.4, -0.2) is 36.4 Å². The summed E-state index contributed by atoms with van der Waals surface area (Å²) in [4.78, 5) is 26.4. The second-order valence-corrected chi connectivity index (χ2v) is 7.39. The van der Waals surface area contributed by atoms with Crippen molar-refractivity contribution in [1.82, 2.24) is 10.2 Å². The average molecular weight is 403 g/mol. The van der Waals surface area contributed by atoms with E-state index in [1.54, 1.807) is 26.1 Å². The highest BCUT2D eigenvalue weighted by Gasteiger charge is 2.25. The van der Waals surface area contributed by atoms with Crippen molar-refractivity contribution < 1.29 is 14.3 Å². The molecule has 2 aromatic carbocycles. The molecule has 5 nitrogen and oxygen atoms in total. The summed E-state index contributed by atoms with van der Waals surface area (Å²) in [7, 11) is 1.55. The average Bonchev–Trinajstić information content (AvgIpc) is 2.69. The Bertz CT molecular complexity index is 806. The first-order valence-electron chi connectivity index (χ1n) is 9.30. The Morgan fingerprint density at radius 1 is 1.11 bits per heavy atom. The molecule has 150 valence electrons. The highest BCUT2D eigenvalue weighted by atomic mass is 35.5. The molecule has 1 N–H and O–H groups in total. The lowest BCUT2D eigenvalue weighted by atomic mass is 10.0. The molecule has 0 aliphatic heterocycles. The summed E-state index contributed by atoms with van der Waals surface area (Å²) in [5.74, 6) is 0.533. The van der Waals surface area contributed by atoms with Crippen molar-refractivity contribution in [1.29, 1.82) is 0 Å². The Balaban J connectivity index is 2.10. The molecule has 28 heavy (non-hydrogen) atoms. The fraction of sp³-hybridized carbons (Fsp3) is 0.364. The molecule has 6 heteroatoms. The molecule has 0 spiro atoms. The van der Waals surface area contributed by atoms with Crippen molar-refractivity contribution >= 4 is 23.4 Å². The van der Waals surface area contributed by atoms with Crippen molar-refractivity contribution in [3.05, 3.63) is 64.7 Å². The molecule has 1 atom stereocenters. The predicted molar refractivity (Wildman–Crippen MR) is 112 cm³/mol. The maximum Gasteiger partial charge on any atom is 0.261 e. The maximum absolute atomic E-state index is 12.8. The summed E-state index contributed by atoms with van der Waals surface area (Å²) >= 11 is 6.05. The van der Waals surface area contributed by atoms with Gasteiger partial charge in [-0.1, -0.05) is 49.7 Å². The van der Waals surface area contributed by atoms with Gasteiger partial charge in [0.25, 0.3) is 5.91 Å². The second-order valence-electron chi connectivity index (χ2n) is 6.95. The van der Waals surface area contributed by atoms with Gasteiger partial charge < -0.3 is 15.0 Å². The van der Waals surface area contributed by atoms with Crippen LogP contribution >= 0.6 is 11.6 Å². The summed E-state index contributed by atoms with van der Waals surface area (Å²) in [6.45, 7) is 6.05. The van der Waals surface area contributed by atoms with Gasteiger partial charge in [0, 0.05) is 18.6 Å². The number of hydrogen-bond donors (Lipinski definition) is 1. The second kappa shape index (κ2) is 10.1. The standard InChI is InChI=1S/C22H27ClN2O3/c1-15(2)18-8-10-20(11-9-18)28-14-21(26)25(16(3)22(27)24-4)13-17-6-5-7-19(23)12-17/h5-12,15-16H,13-14H2,1-4H3,(H,24,27)/t16-/m0/s1. The minimum atomic E-state index is -0.636. The molecular weight excluding hydrogens is 376 g/mol. The molecule has 0 bridgehead atoms. The van der Waals surface area contributed by atoms with Gasteiger partial charge in [-0.2, -0.15) is 0 Å². The molecule has 2 amide bonds. The molecule has 0 heterocycles. The van der Waals surface area contributed by atoms with Gasteiger partial charge in [0.05, 0.1) is 0 Å². The summed E-state index contributed by atoms with van der Waals surface area (Å²) in [6, 6.07) is 14.3. The molecule has 2 aromatic rings. The van der Waals surface area contributed by atoms with E-state index in [-0.39, 0.29) is 25.0 Å². The van der Waals surface area contributed by atoms with E-state index in [2.05, 4.69) is 19.2 Å². The van der Waals surface area contributed by atoms with Gasteiger partial charge in [0.2, 0.25) is 5.91 Å². The van der Waals surface area contributed by atoms with Crippen LogP contribution in [0.1, 0.15) is 37.8 Å². The first-order valence-corrected chi connectivity index (χ1v) is 9.68. The van der Waals surface area contributed by atoms with Crippen LogP contribution in [0.4, 0.5) is 0 Å². The van der Waals surface area contributed by atoms with Crippen molar-refractivity contribution in [3.63, 3.8) is 0 Å². The number of carbonyl (C=O) groups excluding carboxylic acids is 2. The van der Waals surface area contributed by atoms with Crippen LogP contribution in [0.3, 0.4) is 0 Å². The Hall–Kier alpha value is -2.53. The SMILES string of the molecule is CNC(=O)[C@H](C)N(Cc1cccc(Cl)c1)C(=O)COc1ccc(C(C)C)cc1. The van der Waals surface area contributed by atoms with Gasteiger partial charge in [-0.15, -0.1) is 0 Å². The summed E-state index contributed by atoms with van der Waals surface area (Å²) in [6.07, 6.45) is 0. The Labute approximate surface area is 171 Å². The molecule has 0 saturated carbocycles. The lowest BCUT2D eigenvalue weighted by molar-refractivity contribution is -0.142. The molecule has 0 unspecified atom stereocenters. The van der Waals surface area contributed by atoms with E-state index in [0.717, 1.165) is 5.56 Å². The van der Waals surface area contributed by atoms with E-state index >= 15 is 0 Å². The van der Waals surface area contributed by atoms with E-state index < -0.39 is 6.04 Å². The van der Waals surface area contributed by atoms with Gasteiger partial charge >= 0.3 is 0 Å². The minimum Gasteiger partial charge on any atom is -0.484 e. The van der Waals surface area contributed by atoms with E-state index in [9.17, 15) is 9.59 Å². The molecule has 0 fully saturated rings. The van der Waals surface area contributed by atoms with Crippen LogP contribution in [0, 0.1) is 0 Å². The lowest BCUT2D eigenvalue weighted by Crippen LogP contribution is -2.48. The Morgan fingerprint density at radius 2 is 1.79 bits per heavy atom. The smallest absolute Gasteiger partial charge is 0.261 e. The highest BCUT2D eigenvalue weighted by Crippen LogP contribution is 2.19. The van der Waals surface area contributed by atoms with E-state index in [0.29, 0.717) is 16.7 Å². The molecule has 0 aliphatic rings. The maximum atomic E-state index is 12.8. The quantitative estimate of drug-likeness (QED) is 0.725. The third-order valence-corrected chi connectivity index (χ3v) is 4.80. The topological polar surface area (TPSA) is 58.6 Å². The fourth-order valence-electron chi connectivity index (χ4n) is 2.80. The Kier molecular flexibility index (Phi) is 7.88. The zero-order chi connectivity index (χ0) is 20.7. The normalized spacial score (nSPS) is 11.8. The van der Waals surface area contributed by atoms with Crippen LogP contribution in [0.5, 0.6) is 5.75 Å². The summed E-state index contributed by atoms with van der Waals surface area (Å²) in [5, 5.41) is 3.17. The minimum absolute atomic E-state index is 0.150. The van der Waals surface area contributed by atoms with E-state index in [1.165, 1.54) is 10.5 Å². The molecular formula is C22H27ClN2O3. The number of benzene rings is 2. The van der Waals surface area contributed by atoms with Crippen molar-refractivity contribution in [2.75, 3.05) is 13.7 Å². The number of amides is 2. The number of rotatable bonds is 8. The number of likely N-dealkylation sites (N-methyl/N-ethyl adjacent to an activating group) is 1. The number of nitrogens with one attached hydrogen (secondary N) is 1. The molecule has 0 aromatic heterocycles. The lowest BCUT2D eigenvalue weighted by Gasteiger charge is -2.28. The number of halogens is 1. The number of ether oxygens (including phenoxy) is 1. The van der Waals surface area contributed by atoms with Crippen molar-refractivity contribution in [2.24, 2.45) is 0 Å². The first-order chi connectivity index (χ1) is 13.3. The van der Waals surface area contributed by atoms with E-state index in [1.807, 2.05) is 36.4 Å². The van der Waals surface area contributed by atoms with Gasteiger partial charge in [0.1, 0.15) is 11.8 Å². The van der Waals surface area contributed by atoms with Crippen LogP contribution in [0.25, 0.3) is 0 Å². The van der Waals surface area contributed by atoms with Crippen LogP contribution in [0.15, 0.2) is 48.5 Å². The van der Waals surface area contributed by atoms with Crippen LogP contribution < -0.4 is 10.1 Å². The predicted octanol–water partition coefficient (Wildman–Crippen LogP) is 4.01. The van der Waals surface area contributed by atoms with Crippen molar-refractivity contribution in [2.45, 2.75) is 39.3 Å². The third-order valence-electron chi connectivity index (χ3n) is 4.56. The number of nitrogens with zero attached hydrogens (tertiary/aromatic N) is 1. The van der Waals surface area contributed by atoms with Crippen LogP contribution in [0.2, 0.25) is 5.02 Å². The monoisotopic (exact) mass is 402 g/mol. The van der Waals surface area contributed by atoms with Gasteiger partial charge in [-0.25, -0.2) is 0 Å². The first kappa shape index (κ1) is 21.8. The van der Waals surface area contributed by atoms with Gasteiger partial charge in [-0.05, 0) is 48.2 Å². The number of hydrogen-bond acceptors (Lipinski definition) is 3. The largest absolute Gasteiger partial charge is 0.484 e. The Morgan fingerprint density at radius 3 is 2.36 bits per heavy atom. The van der Waals surface area contributed by atoms with E-state index in [4.69, 9.17) is 16.3 Å². The zero-order valence-electron chi connectivity index (χ0n) is 16.7. The third kappa shape index (κ3) is 5.99. The van der Waals surface area contributed by atoms with Gasteiger partial charge in [0.15, 0.2) is 6.61 Å². The van der Waals surface area contributed by atoms with Crippen molar-refractivity contribution in [3.8, 4) is 5.75 Å². The molecule has 2 rings (SSSR count). The van der Waals surface area contributed by atoms with Crippen LogP contribution in [-0.2, 0) is 16.1 Å². The fourth-order valence-corrected chi connectivity index (χ4v) is 3.01. The zero-order valence-corrected chi connectivity index (χ0v) is 17.5. The molecule has 0 radical (unpaired) electrons. The molecule has 0 saturated heterocycles.